The number of hydrogen-bond acceptors (Lipinski definition) is 0. The molecular weight excluding hydrogens is 482 g/mol. The summed E-state index contributed by atoms with van der Waals surface area (Å²) in [5.74, 6) is 0. The molecule has 0 saturated heterocycles. The maximum atomic E-state index is 6.52. The molecule has 0 spiro atoms. The minimum absolute atomic E-state index is 0.731. The second kappa shape index (κ2) is 9.37. The predicted molar refractivity (Wildman–Crippen MR) is 162 cm³/mol. The Labute approximate surface area is 227 Å². The van der Waals surface area contributed by atoms with Crippen LogP contribution in [0.2, 0.25) is 5.02 Å². The maximum absolute atomic E-state index is 6.52. The molecule has 0 amide bonds. The molecule has 7 aromatic rings. The Hall–Kier alpha value is -4.59. The number of para-hydroxylation sites is 2. The van der Waals surface area contributed by atoms with Crippen molar-refractivity contribution < 1.29 is 0 Å². The third-order valence-corrected chi connectivity index (χ3v) is 7.52. The van der Waals surface area contributed by atoms with Gasteiger partial charge in [-0.15, -0.1) is 0 Å². The van der Waals surface area contributed by atoms with Gasteiger partial charge in [0.1, 0.15) is 0 Å². The minimum atomic E-state index is 0.731. The molecule has 0 aliphatic carbocycles. The molecule has 0 aliphatic rings. The van der Waals surface area contributed by atoms with Crippen molar-refractivity contribution >= 4 is 33.4 Å². The van der Waals surface area contributed by atoms with E-state index in [2.05, 4.69) is 138 Å². The highest BCUT2D eigenvalue weighted by atomic mass is 35.5. The molecular formula is C36H24ClN. The van der Waals surface area contributed by atoms with Crippen LogP contribution in [0.5, 0.6) is 0 Å². The van der Waals surface area contributed by atoms with Gasteiger partial charge in [0.25, 0.3) is 0 Å². The summed E-state index contributed by atoms with van der Waals surface area (Å²) in [6.07, 6.45) is 0. The van der Waals surface area contributed by atoms with Gasteiger partial charge >= 0.3 is 0 Å². The van der Waals surface area contributed by atoms with Gasteiger partial charge in [-0.25, -0.2) is 0 Å². The lowest BCUT2D eigenvalue weighted by Gasteiger charge is -2.14. The van der Waals surface area contributed by atoms with E-state index in [0.29, 0.717) is 0 Å². The van der Waals surface area contributed by atoms with Crippen LogP contribution >= 0.6 is 11.6 Å². The summed E-state index contributed by atoms with van der Waals surface area (Å²) in [6, 6.07) is 51.4. The molecule has 0 atom stereocenters. The van der Waals surface area contributed by atoms with Crippen molar-refractivity contribution in [3.8, 4) is 39.1 Å². The fourth-order valence-corrected chi connectivity index (χ4v) is 5.67. The van der Waals surface area contributed by atoms with Crippen LogP contribution in [-0.4, -0.2) is 4.57 Å². The van der Waals surface area contributed by atoms with Gasteiger partial charge in [-0.1, -0.05) is 121 Å². The van der Waals surface area contributed by atoms with E-state index in [0.717, 1.165) is 33.0 Å². The molecule has 0 saturated carbocycles. The lowest BCUT2D eigenvalue weighted by molar-refractivity contribution is 1.18. The van der Waals surface area contributed by atoms with Gasteiger partial charge < -0.3 is 4.57 Å². The van der Waals surface area contributed by atoms with Gasteiger partial charge in [0, 0.05) is 21.5 Å². The lowest BCUT2D eigenvalue weighted by atomic mass is 9.93. The van der Waals surface area contributed by atoms with E-state index in [-0.39, 0.29) is 0 Å². The zero-order chi connectivity index (χ0) is 25.5. The summed E-state index contributed by atoms with van der Waals surface area (Å²) in [4.78, 5) is 0. The molecule has 1 heterocycles. The molecule has 0 radical (unpaired) electrons. The second-order valence-electron chi connectivity index (χ2n) is 9.55. The van der Waals surface area contributed by atoms with Gasteiger partial charge in [-0.05, 0) is 69.8 Å². The largest absolute Gasteiger partial charge is 0.309 e. The molecule has 38 heavy (non-hydrogen) atoms. The van der Waals surface area contributed by atoms with Crippen LogP contribution in [0.3, 0.4) is 0 Å². The first-order valence-corrected chi connectivity index (χ1v) is 13.2. The Morgan fingerprint density at radius 1 is 0.395 bits per heavy atom. The van der Waals surface area contributed by atoms with Crippen molar-refractivity contribution in [2.75, 3.05) is 0 Å². The minimum Gasteiger partial charge on any atom is -0.309 e. The Morgan fingerprint density at radius 3 is 1.68 bits per heavy atom. The number of halogens is 1. The first-order valence-electron chi connectivity index (χ1n) is 12.8. The van der Waals surface area contributed by atoms with Gasteiger partial charge in [0.2, 0.25) is 0 Å². The Bertz CT molecular complexity index is 1860. The summed E-state index contributed by atoms with van der Waals surface area (Å²) in [7, 11) is 0. The molecule has 1 nitrogen and oxygen atoms in total. The highest BCUT2D eigenvalue weighted by Crippen LogP contribution is 2.37. The smallest absolute Gasteiger partial charge is 0.0541 e. The van der Waals surface area contributed by atoms with Crippen LogP contribution in [0.1, 0.15) is 0 Å². The molecule has 0 N–H and O–H groups in total. The number of hydrogen-bond donors (Lipinski definition) is 0. The number of fused-ring (bicyclic) bond motifs is 3. The van der Waals surface area contributed by atoms with Gasteiger partial charge in [-0.3, -0.25) is 0 Å². The first-order chi connectivity index (χ1) is 18.8. The van der Waals surface area contributed by atoms with Gasteiger partial charge in [0.15, 0.2) is 0 Å². The second-order valence-corrected chi connectivity index (χ2v) is 9.99. The fourth-order valence-electron chi connectivity index (χ4n) is 5.49. The van der Waals surface area contributed by atoms with E-state index >= 15 is 0 Å². The monoisotopic (exact) mass is 505 g/mol. The van der Waals surface area contributed by atoms with Crippen LogP contribution in [0.25, 0.3) is 60.9 Å². The summed E-state index contributed by atoms with van der Waals surface area (Å²) < 4.78 is 2.36. The summed E-state index contributed by atoms with van der Waals surface area (Å²) in [6.45, 7) is 0. The molecule has 7 rings (SSSR count). The molecule has 0 fully saturated rings. The van der Waals surface area contributed by atoms with Crippen LogP contribution in [0.15, 0.2) is 146 Å². The zero-order valence-corrected chi connectivity index (χ0v) is 21.4. The van der Waals surface area contributed by atoms with Gasteiger partial charge in [0.05, 0.1) is 11.0 Å². The first kappa shape index (κ1) is 22.6. The van der Waals surface area contributed by atoms with Crippen molar-refractivity contribution in [3.63, 3.8) is 0 Å². The highest BCUT2D eigenvalue weighted by Gasteiger charge is 2.14. The topological polar surface area (TPSA) is 4.93 Å². The van der Waals surface area contributed by atoms with Crippen molar-refractivity contribution in [1.29, 1.82) is 0 Å². The number of benzene rings is 6. The van der Waals surface area contributed by atoms with Crippen molar-refractivity contribution in [1.82, 2.24) is 4.57 Å². The molecule has 1 aromatic heterocycles. The molecule has 2 heteroatoms. The average Bonchev–Trinajstić information content (AvgIpc) is 3.32. The number of aromatic nitrogens is 1. The van der Waals surface area contributed by atoms with Crippen LogP contribution < -0.4 is 0 Å². The lowest BCUT2D eigenvalue weighted by Crippen LogP contribution is -1.94. The molecule has 0 unspecified atom stereocenters. The Balaban J connectivity index is 1.36. The summed E-state index contributed by atoms with van der Waals surface area (Å²) in [5, 5.41) is 3.26. The van der Waals surface area contributed by atoms with E-state index in [9.17, 15) is 0 Å². The Kier molecular flexibility index (Phi) is 5.57. The number of nitrogens with zero attached hydrogens (tertiary/aromatic N) is 1. The quantitative estimate of drug-likeness (QED) is 0.224. The Morgan fingerprint density at radius 2 is 0.974 bits per heavy atom. The van der Waals surface area contributed by atoms with E-state index in [1.54, 1.807) is 0 Å². The van der Waals surface area contributed by atoms with Crippen molar-refractivity contribution in [2.45, 2.75) is 0 Å². The van der Waals surface area contributed by atoms with Crippen molar-refractivity contribution in [3.05, 3.63) is 151 Å². The van der Waals surface area contributed by atoms with E-state index in [1.165, 1.54) is 32.9 Å². The van der Waals surface area contributed by atoms with Crippen molar-refractivity contribution in [2.24, 2.45) is 0 Å². The summed E-state index contributed by atoms with van der Waals surface area (Å²) >= 11 is 6.52. The van der Waals surface area contributed by atoms with E-state index in [1.807, 2.05) is 12.1 Å². The molecule has 6 aromatic carbocycles. The van der Waals surface area contributed by atoms with E-state index in [4.69, 9.17) is 11.6 Å². The normalized spacial score (nSPS) is 11.3. The highest BCUT2D eigenvalue weighted by molar-refractivity contribution is 6.31. The van der Waals surface area contributed by atoms with Crippen LogP contribution in [-0.2, 0) is 0 Å². The summed E-state index contributed by atoms with van der Waals surface area (Å²) in [5.41, 5.74) is 10.5. The predicted octanol–water partition coefficient (Wildman–Crippen LogP) is 10.4. The molecule has 0 bridgehead atoms. The van der Waals surface area contributed by atoms with Gasteiger partial charge in [-0.2, -0.15) is 0 Å². The standard InChI is InChI=1S/C36H24ClN/c37-29-21-22-31(34(24-29)27-19-17-26(18-20-27)25-9-2-1-3-10-25)28-11-8-12-30(23-28)38-35-15-6-4-13-32(35)33-14-5-7-16-36(33)38/h1-24H. The average molecular weight is 506 g/mol. The SMILES string of the molecule is Clc1ccc(-c2cccc(-n3c4ccccc4c4ccccc43)c2)c(-c2ccc(-c3ccccc3)cc2)c1. The third kappa shape index (κ3) is 3.89. The van der Waals surface area contributed by atoms with Crippen LogP contribution in [0.4, 0.5) is 0 Å². The molecule has 0 aliphatic heterocycles. The number of rotatable bonds is 4. The third-order valence-electron chi connectivity index (χ3n) is 7.28. The zero-order valence-electron chi connectivity index (χ0n) is 20.7. The van der Waals surface area contributed by atoms with Crippen LogP contribution in [0, 0.1) is 0 Å². The fraction of sp³-hybridized carbons (Fsp3) is 0. The maximum Gasteiger partial charge on any atom is 0.0541 e. The van der Waals surface area contributed by atoms with E-state index < -0.39 is 0 Å². The molecule has 180 valence electrons.